The second-order valence-corrected chi connectivity index (χ2v) is 5.59. The fourth-order valence-corrected chi connectivity index (χ4v) is 3.66. The maximum absolute atomic E-state index is 6.07. The van der Waals surface area contributed by atoms with Crippen LogP contribution >= 0.6 is 0 Å². The second kappa shape index (κ2) is 4.02. The van der Waals surface area contributed by atoms with Gasteiger partial charge in [-0.05, 0) is 36.8 Å². The molecule has 1 aromatic rings. The normalized spacial score (nSPS) is 41.1. The van der Waals surface area contributed by atoms with Crippen LogP contribution in [0.5, 0.6) is 0 Å². The van der Waals surface area contributed by atoms with Gasteiger partial charge in [0, 0.05) is 5.92 Å². The van der Waals surface area contributed by atoms with Crippen LogP contribution in [0.3, 0.4) is 0 Å². The van der Waals surface area contributed by atoms with Crippen molar-refractivity contribution >= 4 is 0 Å². The molecule has 1 aliphatic heterocycles. The van der Waals surface area contributed by atoms with E-state index in [1.807, 2.05) is 12.1 Å². The first-order chi connectivity index (χ1) is 8.18. The van der Waals surface area contributed by atoms with E-state index in [9.17, 15) is 0 Å². The first kappa shape index (κ1) is 11.1. The smallest absolute Gasteiger partial charge is 0.133 e. The minimum absolute atomic E-state index is 0.111. The molecule has 2 bridgehead atoms. The Hall–Kier alpha value is -1.02. The summed E-state index contributed by atoms with van der Waals surface area (Å²) >= 11 is 0. The molecular formula is C15H20O2. The molecule has 0 saturated carbocycles. The zero-order valence-corrected chi connectivity index (χ0v) is 10.7. The van der Waals surface area contributed by atoms with Gasteiger partial charge in [0.25, 0.3) is 0 Å². The number of rotatable bonds is 1. The largest absolute Gasteiger partial charge is 0.467 e. The summed E-state index contributed by atoms with van der Waals surface area (Å²) in [5.74, 6) is 3.44. The fourth-order valence-electron chi connectivity index (χ4n) is 3.66. The van der Waals surface area contributed by atoms with E-state index in [1.165, 1.54) is 5.57 Å². The molecular weight excluding hydrogens is 212 g/mol. The van der Waals surface area contributed by atoms with Crippen molar-refractivity contribution in [1.29, 1.82) is 0 Å². The van der Waals surface area contributed by atoms with E-state index in [0.29, 0.717) is 23.7 Å². The van der Waals surface area contributed by atoms with Crippen molar-refractivity contribution in [2.45, 2.75) is 26.9 Å². The van der Waals surface area contributed by atoms with E-state index < -0.39 is 0 Å². The quantitative estimate of drug-likeness (QED) is 0.687. The van der Waals surface area contributed by atoms with Crippen LogP contribution in [0.2, 0.25) is 0 Å². The average molecular weight is 232 g/mol. The molecule has 2 aliphatic rings. The Balaban J connectivity index is 1.97. The SMILES string of the molecule is CC1=C[C@@H](C)[C@@H]2CO[C@@H](c3ccco3)[C@H]1[C@H]2C. The van der Waals surface area contributed by atoms with Gasteiger partial charge in [-0.25, -0.2) is 0 Å². The van der Waals surface area contributed by atoms with Gasteiger partial charge in [-0.1, -0.05) is 25.5 Å². The summed E-state index contributed by atoms with van der Waals surface area (Å²) in [4.78, 5) is 0. The van der Waals surface area contributed by atoms with Gasteiger partial charge in [-0.3, -0.25) is 0 Å². The third-order valence-corrected chi connectivity index (χ3v) is 4.59. The van der Waals surface area contributed by atoms with Crippen LogP contribution in [0.1, 0.15) is 32.6 Å². The van der Waals surface area contributed by atoms with Crippen LogP contribution < -0.4 is 0 Å². The van der Waals surface area contributed by atoms with Crippen molar-refractivity contribution in [2.24, 2.45) is 23.7 Å². The van der Waals surface area contributed by atoms with Crippen LogP contribution in [0.15, 0.2) is 34.5 Å². The highest BCUT2D eigenvalue weighted by atomic mass is 16.5. The van der Waals surface area contributed by atoms with Crippen molar-refractivity contribution in [3.63, 3.8) is 0 Å². The zero-order valence-electron chi connectivity index (χ0n) is 10.7. The van der Waals surface area contributed by atoms with E-state index >= 15 is 0 Å². The Morgan fingerprint density at radius 2 is 2.12 bits per heavy atom. The topological polar surface area (TPSA) is 22.4 Å². The van der Waals surface area contributed by atoms with E-state index in [0.717, 1.165) is 12.4 Å². The Morgan fingerprint density at radius 1 is 1.29 bits per heavy atom. The maximum atomic E-state index is 6.07. The van der Waals surface area contributed by atoms with E-state index in [2.05, 4.69) is 26.8 Å². The molecule has 1 aliphatic carbocycles. The number of ether oxygens (including phenoxy) is 1. The molecule has 1 fully saturated rings. The van der Waals surface area contributed by atoms with Crippen LogP contribution in [-0.4, -0.2) is 6.61 Å². The number of allylic oxidation sites excluding steroid dienone is 1. The number of fused-ring (bicyclic) bond motifs is 2. The van der Waals surface area contributed by atoms with Gasteiger partial charge in [0.15, 0.2) is 0 Å². The molecule has 5 atom stereocenters. The minimum Gasteiger partial charge on any atom is -0.467 e. The van der Waals surface area contributed by atoms with Gasteiger partial charge in [-0.2, -0.15) is 0 Å². The zero-order chi connectivity index (χ0) is 12.0. The van der Waals surface area contributed by atoms with Gasteiger partial charge in [0.1, 0.15) is 11.9 Å². The predicted octanol–water partition coefficient (Wildman–Crippen LogP) is 3.82. The van der Waals surface area contributed by atoms with Crippen molar-refractivity contribution in [3.8, 4) is 0 Å². The lowest BCUT2D eigenvalue weighted by Crippen LogP contribution is -2.42. The number of hydrogen-bond donors (Lipinski definition) is 0. The van der Waals surface area contributed by atoms with Gasteiger partial charge in [0.05, 0.1) is 12.9 Å². The fraction of sp³-hybridized carbons (Fsp3) is 0.600. The van der Waals surface area contributed by atoms with Gasteiger partial charge in [-0.15, -0.1) is 0 Å². The van der Waals surface area contributed by atoms with Crippen LogP contribution in [0.25, 0.3) is 0 Å². The Morgan fingerprint density at radius 3 is 2.82 bits per heavy atom. The van der Waals surface area contributed by atoms with Crippen LogP contribution in [0.4, 0.5) is 0 Å². The first-order valence-electron chi connectivity index (χ1n) is 6.52. The molecule has 92 valence electrons. The second-order valence-electron chi connectivity index (χ2n) is 5.59. The van der Waals surface area contributed by atoms with Crippen molar-refractivity contribution in [3.05, 3.63) is 35.8 Å². The van der Waals surface area contributed by atoms with Gasteiger partial charge < -0.3 is 9.15 Å². The monoisotopic (exact) mass is 232 g/mol. The van der Waals surface area contributed by atoms with Gasteiger partial charge >= 0.3 is 0 Å². The summed E-state index contributed by atoms with van der Waals surface area (Å²) in [6, 6.07) is 3.98. The number of hydrogen-bond acceptors (Lipinski definition) is 2. The summed E-state index contributed by atoms with van der Waals surface area (Å²) in [6.07, 6.45) is 4.27. The molecule has 0 radical (unpaired) electrons. The standard InChI is InChI=1S/C15H20O2/c1-9-7-10(2)14-11(3)12(9)8-17-15(14)13-5-4-6-16-13/h4-7,9,11-12,14-15H,8H2,1-3H3/t9-,11+,12+,14-,15+/m1/s1. The highest BCUT2D eigenvalue weighted by Gasteiger charge is 2.44. The molecule has 2 nitrogen and oxygen atoms in total. The molecule has 0 aromatic carbocycles. The summed E-state index contributed by atoms with van der Waals surface area (Å²) in [5.41, 5.74) is 1.46. The van der Waals surface area contributed by atoms with Crippen molar-refractivity contribution < 1.29 is 9.15 Å². The molecule has 1 saturated heterocycles. The maximum Gasteiger partial charge on any atom is 0.133 e. The summed E-state index contributed by atoms with van der Waals surface area (Å²) < 4.78 is 11.6. The van der Waals surface area contributed by atoms with Gasteiger partial charge in [0.2, 0.25) is 0 Å². The molecule has 3 rings (SSSR count). The molecule has 1 aromatic heterocycles. The van der Waals surface area contributed by atoms with E-state index in [4.69, 9.17) is 9.15 Å². The third-order valence-electron chi connectivity index (χ3n) is 4.59. The Kier molecular flexibility index (Phi) is 2.62. The first-order valence-corrected chi connectivity index (χ1v) is 6.52. The molecule has 0 N–H and O–H groups in total. The number of furan rings is 1. The van der Waals surface area contributed by atoms with Crippen molar-refractivity contribution in [2.75, 3.05) is 6.61 Å². The lowest BCUT2D eigenvalue weighted by atomic mass is 9.65. The minimum atomic E-state index is 0.111. The van der Waals surface area contributed by atoms with E-state index in [-0.39, 0.29) is 6.10 Å². The summed E-state index contributed by atoms with van der Waals surface area (Å²) in [7, 11) is 0. The molecule has 17 heavy (non-hydrogen) atoms. The molecule has 0 amide bonds. The Labute approximate surface area is 103 Å². The lowest BCUT2D eigenvalue weighted by Gasteiger charge is -2.46. The summed E-state index contributed by atoms with van der Waals surface area (Å²) in [6.45, 7) is 7.75. The van der Waals surface area contributed by atoms with Crippen LogP contribution in [-0.2, 0) is 4.74 Å². The summed E-state index contributed by atoms with van der Waals surface area (Å²) in [5, 5.41) is 0. The molecule has 0 unspecified atom stereocenters. The van der Waals surface area contributed by atoms with E-state index in [1.54, 1.807) is 6.26 Å². The molecule has 0 spiro atoms. The lowest BCUT2D eigenvalue weighted by molar-refractivity contribution is -0.101. The Bertz CT molecular complexity index is 418. The highest BCUT2D eigenvalue weighted by molar-refractivity contribution is 5.20. The van der Waals surface area contributed by atoms with Crippen LogP contribution in [0, 0.1) is 23.7 Å². The highest BCUT2D eigenvalue weighted by Crippen LogP contribution is 2.49. The average Bonchev–Trinajstić information content (AvgIpc) is 2.78. The predicted molar refractivity (Wildman–Crippen MR) is 66.5 cm³/mol. The van der Waals surface area contributed by atoms with Crippen molar-refractivity contribution in [1.82, 2.24) is 0 Å². The molecule has 2 heterocycles. The molecule has 2 heteroatoms. The third kappa shape index (κ3) is 1.66.